The molecule has 0 unspecified atom stereocenters. The van der Waals surface area contributed by atoms with Crippen LogP contribution in [-0.4, -0.2) is 42.0 Å². The largest absolute Gasteiger partial charge is 0.455 e. The van der Waals surface area contributed by atoms with Crippen LogP contribution in [0.25, 0.3) is 33.4 Å². The topological polar surface area (TPSA) is 106 Å². The van der Waals surface area contributed by atoms with Crippen LogP contribution in [0.1, 0.15) is 44.9 Å². The molecule has 0 atom stereocenters. The summed E-state index contributed by atoms with van der Waals surface area (Å²) in [5, 5.41) is 5.32. The van der Waals surface area contributed by atoms with Crippen LogP contribution in [0, 0.1) is 24.4 Å². The van der Waals surface area contributed by atoms with Crippen LogP contribution in [0.5, 0.6) is 0 Å². The number of nitrogens with one attached hydrogen (secondary N) is 2. The standard InChI is InChI=1S/C33H27F3N4O4/c1-17-23(13-19(14-24(17)35)30(41)40-33(15-21(16-33)43-3)32-38-11-4-12-39-32)22-9-10-25-26(28(22)36)27(31(42)37-2)29(44-25)18-5-7-20(34)8-6-18/h4-14,21H,15-16H2,1-3H3,(H,37,42)(H,40,41). The van der Waals surface area contributed by atoms with E-state index in [-0.39, 0.29) is 50.7 Å². The molecule has 0 bridgehead atoms. The molecular formula is C33H27F3N4O4. The first-order chi connectivity index (χ1) is 21.2. The zero-order chi connectivity index (χ0) is 31.2. The van der Waals surface area contributed by atoms with E-state index in [1.165, 1.54) is 56.4 Å². The third-order valence-electron chi connectivity index (χ3n) is 8.08. The van der Waals surface area contributed by atoms with Gasteiger partial charge in [-0.3, -0.25) is 9.59 Å². The number of benzene rings is 3. The third-order valence-corrected chi connectivity index (χ3v) is 8.08. The molecule has 0 aliphatic heterocycles. The molecule has 2 amide bonds. The summed E-state index contributed by atoms with van der Waals surface area (Å²) in [5.74, 6) is -2.81. The molecule has 1 aliphatic carbocycles. The molecule has 8 nitrogen and oxygen atoms in total. The number of fused-ring (bicyclic) bond motifs is 1. The summed E-state index contributed by atoms with van der Waals surface area (Å²) in [4.78, 5) is 35.2. The van der Waals surface area contributed by atoms with Crippen molar-refractivity contribution < 1.29 is 31.9 Å². The molecule has 2 heterocycles. The van der Waals surface area contributed by atoms with Crippen LogP contribution < -0.4 is 10.6 Å². The van der Waals surface area contributed by atoms with E-state index >= 15 is 8.78 Å². The lowest BCUT2D eigenvalue weighted by Gasteiger charge is -2.45. The molecule has 0 radical (unpaired) electrons. The van der Waals surface area contributed by atoms with Gasteiger partial charge in [-0.15, -0.1) is 0 Å². The van der Waals surface area contributed by atoms with E-state index in [0.29, 0.717) is 24.2 Å². The van der Waals surface area contributed by atoms with Crippen LogP contribution in [-0.2, 0) is 10.3 Å². The highest BCUT2D eigenvalue weighted by Gasteiger charge is 2.49. The van der Waals surface area contributed by atoms with Gasteiger partial charge in [0.2, 0.25) is 0 Å². The zero-order valence-electron chi connectivity index (χ0n) is 24.0. The molecule has 0 spiro atoms. The smallest absolute Gasteiger partial charge is 0.255 e. The predicted molar refractivity (Wildman–Crippen MR) is 156 cm³/mol. The van der Waals surface area contributed by atoms with Gasteiger partial charge >= 0.3 is 0 Å². The first-order valence-electron chi connectivity index (χ1n) is 13.8. The van der Waals surface area contributed by atoms with E-state index in [4.69, 9.17) is 9.15 Å². The van der Waals surface area contributed by atoms with Gasteiger partial charge in [0.1, 0.15) is 34.3 Å². The molecule has 3 aromatic carbocycles. The first-order valence-corrected chi connectivity index (χ1v) is 13.8. The molecule has 2 N–H and O–H groups in total. The first kappa shape index (κ1) is 29.1. The van der Waals surface area contributed by atoms with Crippen LogP contribution in [0.2, 0.25) is 0 Å². The van der Waals surface area contributed by atoms with Gasteiger partial charge in [-0.25, -0.2) is 23.1 Å². The number of ether oxygens (including phenoxy) is 1. The highest BCUT2D eigenvalue weighted by atomic mass is 19.1. The van der Waals surface area contributed by atoms with Crippen LogP contribution in [0.3, 0.4) is 0 Å². The molecular weight excluding hydrogens is 573 g/mol. The average Bonchev–Trinajstić information content (AvgIpc) is 3.41. The van der Waals surface area contributed by atoms with Crippen molar-refractivity contribution in [3.05, 3.63) is 107 Å². The molecule has 2 aromatic heterocycles. The van der Waals surface area contributed by atoms with E-state index in [9.17, 15) is 14.0 Å². The van der Waals surface area contributed by atoms with E-state index in [2.05, 4.69) is 20.6 Å². The number of halogens is 3. The fourth-order valence-corrected chi connectivity index (χ4v) is 5.66. The Hall–Kier alpha value is -5.03. The van der Waals surface area contributed by atoms with Gasteiger partial charge in [0, 0.05) is 56.1 Å². The highest BCUT2D eigenvalue weighted by molar-refractivity contribution is 6.12. The van der Waals surface area contributed by atoms with Crippen molar-refractivity contribution in [1.82, 2.24) is 20.6 Å². The van der Waals surface area contributed by atoms with Crippen molar-refractivity contribution in [2.75, 3.05) is 14.2 Å². The summed E-state index contributed by atoms with van der Waals surface area (Å²) >= 11 is 0. The van der Waals surface area contributed by atoms with Crippen LogP contribution >= 0.6 is 0 Å². The summed E-state index contributed by atoms with van der Waals surface area (Å²) < 4.78 is 56.7. The Bertz CT molecular complexity index is 1900. The number of aromatic nitrogens is 2. The van der Waals surface area contributed by atoms with Gasteiger partial charge in [0.15, 0.2) is 5.82 Å². The number of carbonyl (C=O) groups is 2. The summed E-state index contributed by atoms with van der Waals surface area (Å²) in [6.07, 6.45) is 3.87. The number of nitrogens with zero attached hydrogens (tertiary/aromatic N) is 2. The Balaban J connectivity index is 1.44. The molecule has 1 fully saturated rings. The Morgan fingerprint density at radius 2 is 1.68 bits per heavy atom. The maximum absolute atomic E-state index is 16.4. The lowest BCUT2D eigenvalue weighted by Crippen LogP contribution is -2.58. The lowest BCUT2D eigenvalue weighted by atomic mass is 9.73. The second-order valence-electron chi connectivity index (χ2n) is 10.7. The second-order valence-corrected chi connectivity index (χ2v) is 10.7. The van der Waals surface area contributed by atoms with Crippen molar-refractivity contribution in [1.29, 1.82) is 0 Å². The van der Waals surface area contributed by atoms with E-state index < -0.39 is 34.8 Å². The summed E-state index contributed by atoms with van der Waals surface area (Å²) in [6.45, 7) is 1.48. The quantitative estimate of drug-likeness (QED) is 0.235. The fourth-order valence-electron chi connectivity index (χ4n) is 5.66. The predicted octanol–water partition coefficient (Wildman–Crippen LogP) is 6.08. The van der Waals surface area contributed by atoms with Crippen molar-refractivity contribution in [3.63, 3.8) is 0 Å². The molecule has 6 rings (SSSR count). The number of rotatable bonds is 7. The monoisotopic (exact) mass is 600 g/mol. The van der Waals surface area contributed by atoms with E-state index in [1.807, 2.05) is 0 Å². The Morgan fingerprint density at radius 1 is 0.977 bits per heavy atom. The fraction of sp³-hybridized carbons (Fsp3) is 0.212. The minimum Gasteiger partial charge on any atom is -0.455 e. The van der Waals surface area contributed by atoms with E-state index in [0.717, 1.165) is 6.07 Å². The number of furan rings is 1. The van der Waals surface area contributed by atoms with Crippen LogP contribution in [0.15, 0.2) is 71.4 Å². The lowest BCUT2D eigenvalue weighted by molar-refractivity contribution is -0.0336. The van der Waals surface area contributed by atoms with Gasteiger partial charge in [-0.2, -0.15) is 0 Å². The van der Waals surface area contributed by atoms with Crippen molar-refractivity contribution in [2.24, 2.45) is 0 Å². The average molecular weight is 601 g/mol. The molecule has 5 aromatic rings. The van der Waals surface area contributed by atoms with Gasteiger partial charge in [-0.1, -0.05) is 0 Å². The molecule has 224 valence electrons. The Kier molecular flexibility index (Phi) is 7.42. The summed E-state index contributed by atoms with van der Waals surface area (Å²) in [7, 11) is 2.97. The zero-order valence-corrected chi connectivity index (χ0v) is 24.0. The number of amides is 2. The van der Waals surface area contributed by atoms with Crippen LogP contribution in [0.4, 0.5) is 13.2 Å². The second kappa shape index (κ2) is 11.2. The maximum Gasteiger partial charge on any atom is 0.255 e. The SMILES string of the molecule is CNC(=O)c1c(-c2ccc(F)cc2)oc2ccc(-c3cc(C(=O)NC4(c5ncccn5)CC(OC)C4)cc(F)c3C)c(F)c12. The van der Waals surface area contributed by atoms with Crippen molar-refractivity contribution in [3.8, 4) is 22.5 Å². The summed E-state index contributed by atoms with van der Waals surface area (Å²) in [6, 6.07) is 12.3. The summed E-state index contributed by atoms with van der Waals surface area (Å²) in [5.41, 5.74) is -0.426. The third kappa shape index (κ3) is 4.88. The van der Waals surface area contributed by atoms with Gasteiger partial charge in [-0.05, 0) is 72.6 Å². The van der Waals surface area contributed by atoms with Crippen molar-refractivity contribution in [2.45, 2.75) is 31.4 Å². The molecule has 11 heteroatoms. The minimum absolute atomic E-state index is 0.0375. The highest BCUT2D eigenvalue weighted by Crippen LogP contribution is 2.42. The van der Waals surface area contributed by atoms with Gasteiger partial charge in [0.05, 0.1) is 17.1 Å². The molecule has 44 heavy (non-hydrogen) atoms. The Morgan fingerprint density at radius 3 is 2.34 bits per heavy atom. The number of methoxy groups -OCH3 is 1. The normalized spacial score (nSPS) is 17.7. The number of carbonyl (C=O) groups excluding carboxylic acids is 2. The maximum atomic E-state index is 16.4. The van der Waals surface area contributed by atoms with Gasteiger partial charge < -0.3 is 19.8 Å². The number of hydrogen-bond acceptors (Lipinski definition) is 6. The van der Waals surface area contributed by atoms with Gasteiger partial charge in [0.25, 0.3) is 11.8 Å². The Labute approximate surface area is 250 Å². The number of hydrogen-bond donors (Lipinski definition) is 2. The molecule has 1 aliphatic rings. The minimum atomic E-state index is -0.916. The molecule has 1 saturated carbocycles. The van der Waals surface area contributed by atoms with E-state index in [1.54, 1.807) is 25.6 Å². The molecule has 0 saturated heterocycles. The van der Waals surface area contributed by atoms with Crippen molar-refractivity contribution >= 4 is 22.8 Å².